The highest BCUT2D eigenvalue weighted by Crippen LogP contribution is 2.30. The molecule has 1 N–H and O–H groups in total. The highest BCUT2D eigenvalue weighted by Gasteiger charge is 2.25. The standard InChI is InChI=1S/C21H19F2N5OS/c1-2-18(20(29)26-27-9-3-4-10-27)28-12-16(23)11-17-19(28)25-21(24-17)30-13-14-5-7-15(22)8-6-14/h3-12,18H,2,13H2,1H3,(H,26,29). The van der Waals surface area contributed by atoms with Gasteiger partial charge in [0.05, 0.1) is 0 Å². The number of nitrogens with one attached hydrogen (secondary N) is 1. The van der Waals surface area contributed by atoms with Crippen molar-refractivity contribution in [3.63, 3.8) is 0 Å². The van der Waals surface area contributed by atoms with Gasteiger partial charge in [-0.3, -0.25) is 14.9 Å². The van der Waals surface area contributed by atoms with Gasteiger partial charge in [0.15, 0.2) is 11.0 Å². The molecule has 1 aromatic carbocycles. The first-order valence-corrected chi connectivity index (χ1v) is 10.4. The topological polar surface area (TPSA) is 64.7 Å². The van der Waals surface area contributed by atoms with Gasteiger partial charge in [0.1, 0.15) is 23.4 Å². The molecule has 0 aliphatic carbocycles. The maximum atomic E-state index is 14.3. The lowest BCUT2D eigenvalue weighted by Gasteiger charge is -2.21. The Morgan fingerprint density at radius 2 is 1.87 bits per heavy atom. The van der Waals surface area contributed by atoms with E-state index in [1.165, 1.54) is 40.7 Å². The third-order valence-corrected chi connectivity index (χ3v) is 5.50. The van der Waals surface area contributed by atoms with Crippen molar-refractivity contribution >= 4 is 17.7 Å². The van der Waals surface area contributed by atoms with Crippen molar-refractivity contribution in [2.45, 2.75) is 30.3 Å². The van der Waals surface area contributed by atoms with E-state index in [2.05, 4.69) is 15.4 Å². The molecule has 1 atom stereocenters. The van der Waals surface area contributed by atoms with Crippen LogP contribution in [0, 0.1) is 11.6 Å². The van der Waals surface area contributed by atoms with E-state index in [4.69, 9.17) is 0 Å². The first-order valence-electron chi connectivity index (χ1n) is 9.39. The van der Waals surface area contributed by atoms with Crippen molar-refractivity contribution in [3.8, 4) is 11.5 Å². The number of thioether (sulfide) groups is 1. The van der Waals surface area contributed by atoms with Crippen LogP contribution < -0.4 is 5.43 Å². The second-order valence-corrected chi connectivity index (χ2v) is 7.63. The number of halogens is 2. The van der Waals surface area contributed by atoms with Crippen LogP contribution in [0.5, 0.6) is 0 Å². The molecular formula is C21H19F2N5OS. The van der Waals surface area contributed by atoms with Crippen LogP contribution >= 0.6 is 11.8 Å². The second-order valence-electron chi connectivity index (χ2n) is 6.69. The molecule has 4 rings (SSSR count). The normalized spacial score (nSPS) is 12.2. The summed E-state index contributed by atoms with van der Waals surface area (Å²) in [6.45, 7) is 1.85. The first-order chi connectivity index (χ1) is 14.5. The summed E-state index contributed by atoms with van der Waals surface area (Å²) in [6, 6.07) is 10.4. The molecule has 2 aromatic rings. The minimum absolute atomic E-state index is 0.283. The Labute approximate surface area is 176 Å². The molecule has 1 amide bonds. The van der Waals surface area contributed by atoms with Crippen molar-refractivity contribution < 1.29 is 13.6 Å². The molecule has 2 aliphatic heterocycles. The molecule has 30 heavy (non-hydrogen) atoms. The van der Waals surface area contributed by atoms with Crippen LogP contribution in [0.1, 0.15) is 24.9 Å². The molecular weight excluding hydrogens is 408 g/mol. The molecule has 0 bridgehead atoms. The van der Waals surface area contributed by atoms with E-state index < -0.39 is 11.9 Å². The van der Waals surface area contributed by atoms with Crippen LogP contribution in [0.25, 0.3) is 11.5 Å². The van der Waals surface area contributed by atoms with Gasteiger partial charge in [-0.05, 0) is 36.2 Å². The quantitative estimate of drug-likeness (QED) is 0.442. The van der Waals surface area contributed by atoms with Gasteiger partial charge in [-0.2, -0.15) is 0 Å². The molecule has 0 spiro atoms. The van der Waals surface area contributed by atoms with Crippen LogP contribution in [0.3, 0.4) is 0 Å². The van der Waals surface area contributed by atoms with E-state index in [1.54, 1.807) is 41.3 Å². The minimum Gasteiger partial charge on any atom is -0.316 e. The summed E-state index contributed by atoms with van der Waals surface area (Å²) in [7, 11) is 0. The Morgan fingerprint density at radius 1 is 1.13 bits per heavy atom. The summed E-state index contributed by atoms with van der Waals surface area (Å²) in [5, 5.41) is 0.467. The third-order valence-electron chi connectivity index (χ3n) is 4.58. The third kappa shape index (κ3) is 4.35. The number of rotatable bonds is 7. The number of aromatic nitrogens is 4. The van der Waals surface area contributed by atoms with Gasteiger partial charge in [0.25, 0.3) is 5.91 Å². The Balaban J connectivity index is 1.59. The predicted molar refractivity (Wildman–Crippen MR) is 111 cm³/mol. The Hall–Kier alpha value is -3.20. The average Bonchev–Trinajstić information content (AvgIpc) is 3.37. The van der Waals surface area contributed by atoms with Crippen LogP contribution in [-0.4, -0.2) is 25.1 Å². The summed E-state index contributed by atoms with van der Waals surface area (Å²) in [5.74, 6) is -0.0876. The number of amides is 1. The van der Waals surface area contributed by atoms with Gasteiger partial charge in [0, 0.05) is 30.4 Å². The number of hydrogen-bond acceptors (Lipinski definition) is 4. The van der Waals surface area contributed by atoms with Gasteiger partial charge in [0.2, 0.25) is 0 Å². The van der Waals surface area contributed by atoms with E-state index >= 15 is 0 Å². The van der Waals surface area contributed by atoms with E-state index in [0.29, 0.717) is 28.8 Å². The summed E-state index contributed by atoms with van der Waals surface area (Å²) < 4.78 is 30.4. The molecule has 2 aliphatic rings. The van der Waals surface area contributed by atoms with Crippen molar-refractivity contribution in [2.75, 3.05) is 5.43 Å². The zero-order valence-corrected chi connectivity index (χ0v) is 16.9. The fourth-order valence-corrected chi connectivity index (χ4v) is 3.93. The van der Waals surface area contributed by atoms with Crippen LogP contribution in [0.4, 0.5) is 8.78 Å². The predicted octanol–water partition coefficient (Wildman–Crippen LogP) is 4.48. The minimum atomic E-state index is -0.655. The zero-order valence-electron chi connectivity index (χ0n) is 16.1. The lowest BCUT2D eigenvalue weighted by Crippen LogP contribution is -2.31. The molecule has 1 aromatic heterocycles. The lowest BCUT2D eigenvalue weighted by atomic mass is 10.2. The Kier molecular flexibility index (Phi) is 5.80. The number of hydrogen-bond donors (Lipinski definition) is 1. The van der Waals surface area contributed by atoms with E-state index in [9.17, 15) is 13.6 Å². The molecule has 6 nitrogen and oxygen atoms in total. The van der Waals surface area contributed by atoms with Crippen molar-refractivity contribution in [3.05, 3.63) is 78.3 Å². The number of carbonyl (C=O) groups excluding carboxylic acids is 1. The number of imidazole rings is 1. The number of benzene rings is 1. The van der Waals surface area contributed by atoms with Crippen molar-refractivity contribution in [1.82, 2.24) is 19.2 Å². The number of carbonyl (C=O) groups is 1. The number of nitrogens with zero attached hydrogens (tertiary/aromatic N) is 4. The smallest absolute Gasteiger partial charge is 0.261 e. The van der Waals surface area contributed by atoms with E-state index in [0.717, 1.165) is 5.56 Å². The number of pyridine rings is 1. The molecule has 0 fully saturated rings. The van der Waals surface area contributed by atoms with Crippen LogP contribution in [0.2, 0.25) is 0 Å². The van der Waals surface area contributed by atoms with E-state index in [1.807, 2.05) is 6.92 Å². The molecule has 9 heteroatoms. The SMILES string of the molecule is CCC(C(=O)Nn1cccc1)n1cc(F)cc2nc(SCc3ccc(F)cc3)nc1-2. The lowest BCUT2D eigenvalue weighted by molar-refractivity contribution is -0.120. The summed E-state index contributed by atoms with van der Waals surface area (Å²) in [5.41, 5.74) is 4.07. The highest BCUT2D eigenvalue weighted by atomic mass is 32.2. The van der Waals surface area contributed by atoms with Gasteiger partial charge in [-0.25, -0.2) is 18.7 Å². The zero-order chi connectivity index (χ0) is 21.1. The highest BCUT2D eigenvalue weighted by molar-refractivity contribution is 7.98. The molecule has 3 heterocycles. The van der Waals surface area contributed by atoms with Crippen LogP contribution in [0.15, 0.2) is 66.2 Å². The van der Waals surface area contributed by atoms with Crippen LogP contribution in [-0.2, 0) is 10.5 Å². The second kappa shape index (κ2) is 8.66. The monoisotopic (exact) mass is 427 g/mol. The Morgan fingerprint density at radius 3 is 2.57 bits per heavy atom. The van der Waals surface area contributed by atoms with Crippen molar-refractivity contribution in [2.24, 2.45) is 0 Å². The first kappa shape index (κ1) is 20.1. The van der Waals surface area contributed by atoms with Gasteiger partial charge in [-0.15, -0.1) is 0 Å². The molecule has 0 radical (unpaired) electrons. The van der Waals surface area contributed by atoms with Gasteiger partial charge >= 0.3 is 0 Å². The molecule has 0 saturated heterocycles. The average molecular weight is 427 g/mol. The molecule has 154 valence electrons. The van der Waals surface area contributed by atoms with Gasteiger partial charge < -0.3 is 4.57 Å². The van der Waals surface area contributed by atoms with E-state index in [-0.39, 0.29) is 11.7 Å². The Bertz CT molecular complexity index is 1110. The maximum Gasteiger partial charge on any atom is 0.261 e. The fourth-order valence-electron chi connectivity index (χ4n) is 3.12. The summed E-state index contributed by atoms with van der Waals surface area (Å²) in [4.78, 5) is 21.7. The van der Waals surface area contributed by atoms with Crippen molar-refractivity contribution in [1.29, 1.82) is 0 Å². The fraction of sp³-hybridized carbons (Fsp3) is 0.190. The summed E-state index contributed by atoms with van der Waals surface area (Å²) in [6.07, 6.45) is 5.14. The largest absolute Gasteiger partial charge is 0.316 e. The number of fused-ring (bicyclic) bond motifs is 1. The molecule has 1 unspecified atom stereocenters. The molecule has 0 saturated carbocycles. The van der Waals surface area contributed by atoms with Gasteiger partial charge in [-0.1, -0.05) is 30.8 Å². The summed E-state index contributed by atoms with van der Waals surface area (Å²) >= 11 is 1.37. The maximum absolute atomic E-state index is 14.3.